The summed E-state index contributed by atoms with van der Waals surface area (Å²) < 4.78 is 0. The lowest BCUT2D eigenvalue weighted by Gasteiger charge is -2.33. The van der Waals surface area contributed by atoms with Gasteiger partial charge in [-0.2, -0.15) is 0 Å². The van der Waals surface area contributed by atoms with Crippen molar-refractivity contribution in [3.63, 3.8) is 0 Å². The van der Waals surface area contributed by atoms with E-state index in [-0.39, 0.29) is 23.1 Å². The van der Waals surface area contributed by atoms with Gasteiger partial charge >= 0.3 is 0 Å². The topological polar surface area (TPSA) is 49.4 Å². The molecular weight excluding hydrogens is 288 g/mol. The molecule has 2 aliphatic carbocycles. The Morgan fingerprint density at radius 2 is 1.87 bits per heavy atom. The minimum Gasteiger partial charge on any atom is -0.355 e. The first-order valence-electron chi connectivity index (χ1n) is 9.54. The van der Waals surface area contributed by atoms with E-state index in [0.717, 1.165) is 25.3 Å². The second-order valence-electron chi connectivity index (χ2n) is 8.60. The highest BCUT2D eigenvalue weighted by Crippen LogP contribution is 2.37. The minimum absolute atomic E-state index is 0.0955. The zero-order valence-electron chi connectivity index (χ0n) is 14.8. The Morgan fingerprint density at radius 3 is 2.52 bits per heavy atom. The summed E-state index contributed by atoms with van der Waals surface area (Å²) in [6.07, 6.45) is 10.0. The van der Waals surface area contributed by atoms with Crippen molar-refractivity contribution in [3.05, 3.63) is 0 Å². The summed E-state index contributed by atoms with van der Waals surface area (Å²) in [6, 6.07) is 0.379. The number of rotatable bonds is 4. The molecule has 1 saturated heterocycles. The zero-order chi connectivity index (χ0) is 16.4. The maximum absolute atomic E-state index is 12.5. The molecule has 23 heavy (non-hydrogen) atoms. The standard InChI is InChI=1S/C19H32N2O2/c1-14-5-7-16(8-6-14)21-12-15(11-17(21)22)18(23)20-13-19(2)9-3-4-10-19/h14-16H,3-13H2,1-2H3,(H,20,23). The molecular formula is C19H32N2O2. The molecule has 0 bridgehead atoms. The van der Waals surface area contributed by atoms with Crippen molar-refractivity contribution >= 4 is 11.8 Å². The molecule has 1 unspecified atom stereocenters. The second-order valence-corrected chi connectivity index (χ2v) is 8.60. The Hall–Kier alpha value is -1.06. The van der Waals surface area contributed by atoms with Gasteiger partial charge in [-0.3, -0.25) is 9.59 Å². The van der Waals surface area contributed by atoms with Crippen LogP contribution in [0.25, 0.3) is 0 Å². The van der Waals surface area contributed by atoms with E-state index >= 15 is 0 Å². The normalized spacial score (nSPS) is 33.9. The number of amides is 2. The second kappa shape index (κ2) is 6.82. The largest absolute Gasteiger partial charge is 0.355 e. The van der Waals surface area contributed by atoms with Gasteiger partial charge in [-0.25, -0.2) is 0 Å². The van der Waals surface area contributed by atoms with Gasteiger partial charge in [0.05, 0.1) is 5.92 Å². The summed E-state index contributed by atoms with van der Waals surface area (Å²) in [6.45, 7) is 5.98. The van der Waals surface area contributed by atoms with Crippen molar-refractivity contribution in [2.45, 2.75) is 77.7 Å². The van der Waals surface area contributed by atoms with Crippen LogP contribution in [0.2, 0.25) is 0 Å². The van der Waals surface area contributed by atoms with Gasteiger partial charge < -0.3 is 10.2 Å². The molecule has 0 radical (unpaired) electrons. The molecule has 2 amide bonds. The molecule has 4 nitrogen and oxygen atoms in total. The van der Waals surface area contributed by atoms with Crippen molar-refractivity contribution in [3.8, 4) is 0 Å². The maximum atomic E-state index is 12.5. The summed E-state index contributed by atoms with van der Waals surface area (Å²) >= 11 is 0. The van der Waals surface area contributed by atoms with Gasteiger partial charge in [0.25, 0.3) is 0 Å². The molecule has 4 heteroatoms. The van der Waals surface area contributed by atoms with Crippen LogP contribution in [0.15, 0.2) is 0 Å². The summed E-state index contributed by atoms with van der Waals surface area (Å²) in [5.74, 6) is 0.942. The SMILES string of the molecule is CC1CCC(N2CC(C(=O)NCC3(C)CCCC3)CC2=O)CC1. The van der Waals surface area contributed by atoms with Crippen LogP contribution in [-0.2, 0) is 9.59 Å². The summed E-state index contributed by atoms with van der Waals surface area (Å²) in [5.41, 5.74) is 0.275. The molecule has 1 aliphatic heterocycles. The third kappa shape index (κ3) is 3.89. The number of nitrogens with zero attached hydrogens (tertiary/aromatic N) is 1. The van der Waals surface area contributed by atoms with E-state index in [1.54, 1.807) is 0 Å². The van der Waals surface area contributed by atoms with Crippen molar-refractivity contribution < 1.29 is 9.59 Å². The average molecular weight is 320 g/mol. The minimum atomic E-state index is -0.133. The Kier molecular flexibility index (Phi) is 4.98. The molecule has 130 valence electrons. The van der Waals surface area contributed by atoms with Crippen LogP contribution in [0, 0.1) is 17.3 Å². The van der Waals surface area contributed by atoms with Gasteiger partial charge in [0.1, 0.15) is 0 Å². The van der Waals surface area contributed by atoms with Crippen LogP contribution in [0.3, 0.4) is 0 Å². The number of carbonyl (C=O) groups excluding carboxylic acids is 2. The fourth-order valence-corrected chi connectivity index (χ4v) is 4.66. The Labute approximate surface area is 140 Å². The van der Waals surface area contributed by atoms with E-state index in [2.05, 4.69) is 19.2 Å². The smallest absolute Gasteiger partial charge is 0.225 e. The fraction of sp³-hybridized carbons (Fsp3) is 0.895. The lowest BCUT2D eigenvalue weighted by atomic mass is 9.86. The highest BCUT2D eigenvalue weighted by atomic mass is 16.2. The van der Waals surface area contributed by atoms with Crippen molar-refractivity contribution in [1.82, 2.24) is 10.2 Å². The van der Waals surface area contributed by atoms with E-state index < -0.39 is 0 Å². The zero-order valence-corrected chi connectivity index (χ0v) is 14.8. The number of hydrogen-bond donors (Lipinski definition) is 1. The summed E-state index contributed by atoms with van der Waals surface area (Å²) in [5, 5.41) is 3.14. The Morgan fingerprint density at radius 1 is 1.22 bits per heavy atom. The van der Waals surface area contributed by atoms with Crippen LogP contribution >= 0.6 is 0 Å². The number of carbonyl (C=O) groups is 2. The molecule has 0 aromatic heterocycles. The third-order valence-electron chi connectivity index (χ3n) is 6.46. The molecule has 1 atom stereocenters. The van der Waals surface area contributed by atoms with Gasteiger partial charge in [0.2, 0.25) is 11.8 Å². The highest BCUT2D eigenvalue weighted by molar-refractivity contribution is 5.89. The van der Waals surface area contributed by atoms with E-state index in [1.807, 2.05) is 4.90 Å². The van der Waals surface area contributed by atoms with Crippen LogP contribution in [0.1, 0.15) is 71.6 Å². The number of likely N-dealkylation sites (tertiary alicyclic amines) is 1. The van der Waals surface area contributed by atoms with Crippen LogP contribution in [-0.4, -0.2) is 35.8 Å². The molecule has 1 N–H and O–H groups in total. The molecule has 3 rings (SSSR count). The first kappa shape index (κ1) is 16.8. The first-order valence-corrected chi connectivity index (χ1v) is 9.54. The van der Waals surface area contributed by atoms with Gasteiger partial charge in [0.15, 0.2) is 0 Å². The monoisotopic (exact) mass is 320 g/mol. The van der Waals surface area contributed by atoms with E-state index in [0.29, 0.717) is 19.0 Å². The van der Waals surface area contributed by atoms with E-state index in [1.165, 1.54) is 38.5 Å². The highest BCUT2D eigenvalue weighted by Gasteiger charge is 2.39. The van der Waals surface area contributed by atoms with E-state index in [4.69, 9.17) is 0 Å². The van der Waals surface area contributed by atoms with Crippen molar-refractivity contribution in [2.75, 3.05) is 13.1 Å². The molecule has 0 aromatic rings. The summed E-state index contributed by atoms with van der Waals surface area (Å²) in [7, 11) is 0. The Balaban J connectivity index is 1.49. The average Bonchev–Trinajstić information content (AvgIpc) is 3.13. The molecule has 1 heterocycles. The lowest BCUT2D eigenvalue weighted by molar-refractivity contribution is -0.131. The number of nitrogens with one attached hydrogen (secondary N) is 1. The fourth-order valence-electron chi connectivity index (χ4n) is 4.66. The number of hydrogen-bond acceptors (Lipinski definition) is 2. The molecule has 3 aliphatic rings. The maximum Gasteiger partial charge on any atom is 0.225 e. The predicted molar refractivity (Wildman–Crippen MR) is 90.8 cm³/mol. The van der Waals surface area contributed by atoms with Crippen LogP contribution in [0.5, 0.6) is 0 Å². The van der Waals surface area contributed by atoms with Crippen LogP contribution < -0.4 is 5.32 Å². The van der Waals surface area contributed by atoms with E-state index in [9.17, 15) is 9.59 Å². The van der Waals surface area contributed by atoms with Gasteiger partial charge in [-0.1, -0.05) is 26.7 Å². The van der Waals surface area contributed by atoms with Crippen LogP contribution in [0.4, 0.5) is 0 Å². The molecule has 0 aromatic carbocycles. The van der Waals surface area contributed by atoms with Gasteiger partial charge in [-0.15, -0.1) is 0 Å². The molecule has 3 fully saturated rings. The predicted octanol–water partition coefficient (Wildman–Crippen LogP) is 3.11. The molecule has 2 saturated carbocycles. The van der Waals surface area contributed by atoms with Crippen molar-refractivity contribution in [1.29, 1.82) is 0 Å². The Bertz CT molecular complexity index is 448. The third-order valence-corrected chi connectivity index (χ3v) is 6.46. The summed E-state index contributed by atoms with van der Waals surface area (Å²) in [4.78, 5) is 26.8. The first-order chi connectivity index (χ1) is 11.0. The van der Waals surface area contributed by atoms with Gasteiger partial charge in [0, 0.05) is 25.6 Å². The van der Waals surface area contributed by atoms with Crippen molar-refractivity contribution in [2.24, 2.45) is 17.3 Å². The molecule has 0 spiro atoms. The van der Waals surface area contributed by atoms with Gasteiger partial charge in [-0.05, 0) is 49.9 Å². The lowest BCUT2D eigenvalue weighted by Crippen LogP contribution is -2.41. The quantitative estimate of drug-likeness (QED) is 0.865.